The second-order valence-corrected chi connectivity index (χ2v) is 23.1. The first-order valence-electron chi connectivity index (χ1n) is 29.8. The second-order valence-electron chi connectivity index (χ2n) is 21.7. The van der Waals surface area contributed by atoms with E-state index in [2.05, 4.69) is 27.7 Å². The number of esters is 4. The van der Waals surface area contributed by atoms with Crippen LogP contribution < -0.4 is 4.89 Å². The summed E-state index contributed by atoms with van der Waals surface area (Å²) in [5, 5.41) is 0. The Morgan fingerprint density at radius 1 is 0.389 bits per heavy atom. The van der Waals surface area contributed by atoms with Crippen molar-refractivity contribution in [2.45, 2.75) is 303 Å². The van der Waals surface area contributed by atoms with Gasteiger partial charge in [-0.3, -0.25) is 23.7 Å². The Kier molecular flexibility index (Phi) is 47.2. The van der Waals surface area contributed by atoms with Crippen LogP contribution in [0.4, 0.5) is 0 Å². The molecule has 0 amide bonds. The third kappa shape index (κ3) is 48.9. The quantitative estimate of drug-likeness (QED) is 0.0186. The van der Waals surface area contributed by atoms with Crippen molar-refractivity contribution in [1.82, 2.24) is 0 Å². The van der Waals surface area contributed by atoms with E-state index in [0.717, 1.165) is 70.6 Å². The first kappa shape index (κ1) is 70.0. The fourth-order valence-corrected chi connectivity index (χ4v) is 9.39. The van der Waals surface area contributed by atoms with E-state index >= 15 is 0 Å². The number of likely N-dealkylation sites (N-methyl/N-ethyl adjacent to an activating group) is 1. The van der Waals surface area contributed by atoms with E-state index in [1.165, 1.54) is 128 Å². The smallest absolute Gasteiger partial charge is 0.306 e. The molecule has 0 aliphatic rings. The molecule has 0 radical (unpaired) electrons. The third-order valence-corrected chi connectivity index (χ3v) is 14.3. The fourth-order valence-electron chi connectivity index (χ4n) is 8.67. The van der Waals surface area contributed by atoms with Gasteiger partial charge in [0.2, 0.25) is 0 Å². The summed E-state index contributed by atoms with van der Waals surface area (Å²) in [5.74, 6) is -1.35. The largest absolute Gasteiger partial charge is 0.756 e. The van der Waals surface area contributed by atoms with Crippen LogP contribution in [0.3, 0.4) is 0 Å². The molecule has 2 atom stereocenters. The molecule has 0 saturated carbocycles. The van der Waals surface area contributed by atoms with Gasteiger partial charge in [-0.25, -0.2) is 0 Å². The summed E-state index contributed by atoms with van der Waals surface area (Å²) < 4.78 is 46.1. The highest BCUT2D eigenvalue weighted by atomic mass is 31.2. The standard InChI is InChI=1S/C58H112NO12P/c1-8-12-16-20-24-32-40-52(41-33-25-21-17-13-9-2)69-56(61)45-37-29-28-36-44-55(60)66-50-54(51-68-72(64,65)67-49-48-59(5,6)7)71-58(63)47-39-31-30-38-46-57(62)70-53(42-34-26-22-18-14-10-3)43-35-27-23-19-15-11-4/h52-54H,8-51H2,1-7H3/t54-/m1/s1. The van der Waals surface area contributed by atoms with Gasteiger partial charge in [0.25, 0.3) is 7.82 Å². The summed E-state index contributed by atoms with van der Waals surface area (Å²) in [6, 6.07) is 0. The van der Waals surface area contributed by atoms with Crippen LogP contribution >= 0.6 is 7.82 Å². The lowest BCUT2D eigenvalue weighted by Crippen LogP contribution is -2.37. The SMILES string of the molecule is CCCCCCCCC(CCCCCCCC)OC(=O)CCCCCCC(=O)OC[C@H](COP(=O)([O-])OCC[N+](C)(C)C)OC(=O)CCCCCCC(=O)OC(CCCCCCCC)CCCCCCCC. The molecular formula is C58H112NO12P. The van der Waals surface area contributed by atoms with Gasteiger partial charge in [-0.05, 0) is 77.0 Å². The second kappa shape index (κ2) is 48.6. The van der Waals surface area contributed by atoms with Crippen molar-refractivity contribution in [2.24, 2.45) is 0 Å². The minimum Gasteiger partial charge on any atom is -0.756 e. The lowest BCUT2D eigenvalue weighted by atomic mass is 10.0. The molecule has 13 nitrogen and oxygen atoms in total. The average molecular weight is 1050 g/mol. The van der Waals surface area contributed by atoms with Gasteiger partial charge in [-0.15, -0.1) is 0 Å². The predicted octanol–water partition coefficient (Wildman–Crippen LogP) is 15.2. The number of unbranched alkanes of at least 4 members (excludes halogenated alkanes) is 26. The molecule has 0 aromatic rings. The van der Waals surface area contributed by atoms with E-state index < -0.39 is 32.5 Å². The zero-order chi connectivity index (χ0) is 53.4. The molecule has 1 unspecified atom stereocenters. The number of quaternary nitrogens is 1. The Labute approximate surface area is 441 Å². The predicted molar refractivity (Wildman–Crippen MR) is 290 cm³/mol. The summed E-state index contributed by atoms with van der Waals surface area (Å²) in [4.78, 5) is 63.9. The minimum absolute atomic E-state index is 0.00936. The molecule has 426 valence electrons. The van der Waals surface area contributed by atoms with Crippen LogP contribution in [0.15, 0.2) is 0 Å². The van der Waals surface area contributed by atoms with Crippen LogP contribution in [0.2, 0.25) is 0 Å². The number of phosphoric acid groups is 1. The summed E-state index contributed by atoms with van der Waals surface area (Å²) in [6.45, 7) is 8.32. The highest BCUT2D eigenvalue weighted by molar-refractivity contribution is 7.45. The Hall–Kier alpha value is -2.05. The van der Waals surface area contributed by atoms with Crippen molar-refractivity contribution >= 4 is 31.7 Å². The average Bonchev–Trinajstić information content (AvgIpc) is 3.33. The normalized spacial score (nSPS) is 13.1. The van der Waals surface area contributed by atoms with Gasteiger partial charge in [0.05, 0.1) is 27.7 Å². The zero-order valence-electron chi connectivity index (χ0n) is 47.6. The Balaban J connectivity index is 4.92. The van der Waals surface area contributed by atoms with Gasteiger partial charge >= 0.3 is 23.9 Å². The van der Waals surface area contributed by atoms with Gasteiger partial charge in [0.15, 0.2) is 6.10 Å². The van der Waals surface area contributed by atoms with Gasteiger partial charge in [-0.1, -0.05) is 182 Å². The maximum atomic E-state index is 12.9. The summed E-state index contributed by atoms with van der Waals surface area (Å²) in [5.41, 5.74) is 0. The lowest BCUT2D eigenvalue weighted by Gasteiger charge is -2.28. The number of rotatable bonds is 54. The van der Waals surface area contributed by atoms with Gasteiger partial charge < -0.3 is 37.4 Å². The molecule has 72 heavy (non-hydrogen) atoms. The number of carbonyl (C=O) groups is 4. The maximum absolute atomic E-state index is 12.9. The van der Waals surface area contributed by atoms with Crippen molar-refractivity contribution in [3.05, 3.63) is 0 Å². The molecule has 0 spiro atoms. The number of carbonyl (C=O) groups excluding carboxylic acids is 4. The van der Waals surface area contributed by atoms with Crippen molar-refractivity contribution < 1.29 is 61.1 Å². The number of hydrogen-bond donors (Lipinski definition) is 0. The lowest BCUT2D eigenvalue weighted by molar-refractivity contribution is -0.870. The molecule has 0 aliphatic carbocycles. The Morgan fingerprint density at radius 3 is 1.01 bits per heavy atom. The molecular weight excluding hydrogens is 934 g/mol. The van der Waals surface area contributed by atoms with E-state index in [1.807, 2.05) is 21.1 Å². The highest BCUT2D eigenvalue weighted by Crippen LogP contribution is 2.38. The van der Waals surface area contributed by atoms with Crippen molar-refractivity contribution in [2.75, 3.05) is 47.5 Å². The molecule has 0 heterocycles. The van der Waals surface area contributed by atoms with Crippen LogP contribution in [0.1, 0.15) is 285 Å². The number of hydrogen-bond acceptors (Lipinski definition) is 12. The van der Waals surface area contributed by atoms with E-state index in [0.29, 0.717) is 56.0 Å². The van der Waals surface area contributed by atoms with Gasteiger partial charge in [-0.2, -0.15) is 0 Å². The molecule has 0 fully saturated rings. The molecule has 14 heteroatoms. The maximum Gasteiger partial charge on any atom is 0.306 e. The fraction of sp³-hybridized carbons (Fsp3) is 0.931. The van der Waals surface area contributed by atoms with E-state index in [-0.39, 0.29) is 50.2 Å². The van der Waals surface area contributed by atoms with E-state index in [1.54, 1.807) is 0 Å². The monoisotopic (exact) mass is 1050 g/mol. The summed E-state index contributed by atoms with van der Waals surface area (Å²) in [7, 11) is 0.997. The minimum atomic E-state index is -4.72. The number of ether oxygens (including phenoxy) is 4. The van der Waals surface area contributed by atoms with Crippen molar-refractivity contribution in [3.8, 4) is 0 Å². The molecule has 0 aliphatic heterocycles. The van der Waals surface area contributed by atoms with Crippen molar-refractivity contribution in [3.63, 3.8) is 0 Å². The molecule has 0 aromatic carbocycles. The van der Waals surface area contributed by atoms with Crippen LogP contribution in [0.25, 0.3) is 0 Å². The third-order valence-electron chi connectivity index (χ3n) is 13.3. The first-order valence-corrected chi connectivity index (χ1v) is 31.2. The molecule has 0 aromatic heterocycles. The number of phosphoric ester groups is 1. The van der Waals surface area contributed by atoms with Gasteiger partial charge in [0.1, 0.15) is 32.0 Å². The highest BCUT2D eigenvalue weighted by Gasteiger charge is 2.22. The van der Waals surface area contributed by atoms with E-state index in [4.69, 9.17) is 28.0 Å². The van der Waals surface area contributed by atoms with Crippen LogP contribution in [-0.2, 0) is 51.7 Å². The van der Waals surface area contributed by atoms with E-state index in [9.17, 15) is 28.6 Å². The number of nitrogens with zero attached hydrogens (tertiary/aromatic N) is 1. The van der Waals surface area contributed by atoms with Crippen LogP contribution in [-0.4, -0.2) is 94.2 Å². The topological polar surface area (TPSA) is 164 Å². The molecule has 0 rings (SSSR count). The van der Waals surface area contributed by atoms with Gasteiger partial charge in [0, 0.05) is 25.7 Å². The molecule has 0 N–H and O–H groups in total. The van der Waals surface area contributed by atoms with Crippen LogP contribution in [0, 0.1) is 0 Å². The first-order chi connectivity index (χ1) is 34.6. The zero-order valence-corrected chi connectivity index (χ0v) is 48.5. The Bertz CT molecular complexity index is 1310. The molecule has 0 bridgehead atoms. The van der Waals surface area contributed by atoms with Crippen LogP contribution in [0.5, 0.6) is 0 Å². The van der Waals surface area contributed by atoms with Crippen molar-refractivity contribution in [1.29, 1.82) is 0 Å². The summed E-state index contributed by atoms with van der Waals surface area (Å²) in [6.07, 6.45) is 37.9. The Morgan fingerprint density at radius 2 is 0.681 bits per heavy atom. The summed E-state index contributed by atoms with van der Waals surface area (Å²) >= 11 is 0. The molecule has 0 saturated heterocycles.